The smallest absolute Gasteiger partial charge is 0.202 e. The standard InChI is InChI=1S/C10H8F2O2/c1-2-7-9(13)5-3-4-6(11)8(12)10(5)14-7/h3-4,13H,2H2,1H3. The summed E-state index contributed by atoms with van der Waals surface area (Å²) in [5.74, 6) is -1.88. The maximum Gasteiger partial charge on any atom is 0.202 e. The molecule has 0 saturated carbocycles. The van der Waals surface area contributed by atoms with Crippen LogP contribution >= 0.6 is 0 Å². The number of hydrogen-bond donors (Lipinski definition) is 1. The summed E-state index contributed by atoms with van der Waals surface area (Å²) in [5.41, 5.74) is -0.223. The van der Waals surface area contributed by atoms with Crippen molar-refractivity contribution in [3.63, 3.8) is 0 Å². The number of halogens is 2. The summed E-state index contributed by atoms with van der Waals surface area (Å²) in [7, 11) is 0. The van der Waals surface area contributed by atoms with E-state index < -0.39 is 11.6 Å². The summed E-state index contributed by atoms with van der Waals surface area (Å²) in [6, 6.07) is 2.26. The van der Waals surface area contributed by atoms with Crippen LogP contribution in [0.5, 0.6) is 5.75 Å². The summed E-state index contributed by atoms with van der Waals surface area (Å²) in [6.45, 7) is 1.76. The van der Waals surface area contributed by atoms with Crippen LogP contribution in [0, 0.1) is 11.6 Å². The maximum absolute atomic E-state index is 13.1. The van der Waals surface area contributed by atoms with Gasteiger partial charge in [0.1, 0.15) is 5.76 Å². The first-order valence-electron chi connectivity index (χ1n) is 4.23. The van der Waals surface area contributed by atoms with Crippen LogP contribution in [0.1, 0.15) is 12.7 Å². The molecule has 0 spiro atoms. The molecule has 1 N–H and O–H groups in total. The fourth-order valence-electron chi connectivity index (χ4n) is 1.38. The third kappa shape index (κ3) is 1.07. The van der Waals surface area contributed by atoms with E-state index in [-0.39, 0.29) is 22.5 Å². The fourth-order valence-corrected chi connectivity index (χ4v) is 1.38. The van der Waals surface area contributed by atoms with E-state index in [4.69, 9.17) is 4.42 Å². The van der Waals surface area contributed by atoms with E-state index in [9.17, 15) is 13.9 Å². The van der Waals surface area contributed by atoms with Gasteiger partial charge in [-0.05, 0) is 12.1 Å². The van der Waals surface area contributed by atoms with Crippen molar-refractivity contribution in [2.75, 3.05) is 0 Å². The lowest BCUT2D eigenvalue weighted by Crippen LogP contribution is -1.81. The van der Waals surface area contributed by atoms with Crippen molar-refractivity contribution >= 4 is 11.0 Å². The third-order valence-corrected chi connectivity index (χ3v) is 2.12. The quantitative estimate of drug-likeness (QED) is 0.764. The van der Waals surface area contributed by atoms with Gasteiger partial charge in [0.05, 0.1) is 5.39 Å². The van der Waals surface area contributed by atoms with E-state index in [1.165, 1.54) is 6.07 Å². The van der Waals surface area contributed by atoms with Gasteiger partial charge < -0.3 is 9.52 Å². The lowest BCUT2D eigenvalue weighted by molar-refractivity contribution is 0.437. The zero-order chi connectivity index (χ0) is 10.3. The summed E-state index contributed by atoms with van der Waals surface area (Å²) in [4.78, 5) is 0. The van der Waals surface area contributed by atoms with Gasteiger partial charge in [-0.1, -0.05) is 6.92 Å². The molecule has 1 aromatic carbocycles. The minimum atomic E-state index is -1.06. The van der Waals surface area contributed by atoms with Crippen LogP contribution in [-0.2, 0) is 6.42 Å². The van der Waals surface area contributed by atoms with Crippen LogP contribution in [0.3, 0.4) is 0 Å². The van der Waals surface area contributed by atoms with E-state index in [0.717, 1.165) is 6.07 Å². The van der Waals surface area contributed by atoms with Gasteiger partial charge in [-0.3, -0.25) is 0 Å². The average Bonchev–Trinajstić information content (AvgIpc) is 2.50. The van der Waals surface area contributed by atoms with Crippen molar-refractivity contribution in [2.24, 2.45) is 0 Å². The summed E-state index contributed by atoms with van der Waals surface area (Å²) >= 11 is 0. The van der Waals surface area contributed by atoms with Gasteiger partial charge in [0.2, 0.25) is 5.82 Å². The lowest BCUT2D eigenvalue weighted by Gasteiger charge is -1.91. The molecular weight excluding hydrogens is 190 g/mol. The second kappa shape index (κ2) is 2.97. The molecule has 0 fully saturated rings. The Bertz CT molecular complexity index is 488. The van der Waals surface area contributed by atoms with Crippen LogP contribution in [0.2, 0.25) is 0 Å². The Morgan fingerprint density at radius 1 is 1.36 bits per heavy atom. The number of hydrogen-bond acceptors (Lipinski definition) is 2. The molecule has 2 aromatic rings. The van der Waals surface area contributed by atoms with Crippen LogP contribution in [0.25, 0.3) is 11.0 Å². The normalized spacial score (nSPS) is 11.1. The highest BCUT2D eigenvalue weighted by molar-refractivity contribution is 5.85. The molecule has 14 heavy (non-hydrogen) atoms. The van der Waals surface area contributed by atoms with Crippen molar-refractivity contribution in [1.82, 2.24) is 0 Å². The molecule has 2 rings (SSSR count). The Kier molecular flexibility index (Phi) is 1.91. The van der Waals surface area contributed by atoms with Crippen molar-refractivity contribution in [2.45, 2.75) is 13.3 Å². The Labute approximate surface area is 78.8 Å². The first-order valence-corrected chi connectivity index (χ1v) is 4.23. The molecule has 0 radical (unpaired) electrons. The van der Waals surface area contributed by atoms with Crippen LogP contribution < -0.4 is 0 Å². The van der Waals surface area contributed by atoms with E-state index in [0.29, 0.717) is 6.42 Å². The van der Waals surface area contributed by atoms with E-state index in [1.807, 2.05) is 0 Å². The molecule has 0 amide bonds. The number of aryl methyl sites for hydroxylation is 1. The second-order valence-electron chi connectivity index (χ2n) is 2.97. The largest absolute Gasteiger partial charge is 0.504 e. The Balaban J connectivity index is 2.85. The van der Waals surface area contributed by atoms with Crippen LogP contribution in [-0.4, -0.2) is 5.11 Å². The van der Waals surface area contributed by atoms with Gasteiger partial charge in [-0.15, -0.1) is 0 Å². The maximum atomic E-state index is 13.1. The van der Waals surface area contributed by atoms with Gasteiger partial charge in [-0.25, -0.2) is 4.39 Å². The van der Waals surface area contributed by atoms with Gasteiger partial charge in [-0.2, -0.15) is 4.39 Å². The highest BCUT2D eigenvalue weighted by Gasteiger charge is 2.17. The first kappa shape index (κ1) is 8.99. The number of furan rings is 1. The Hall–Kier alpha value is -1.58. The summed E-state index contributed by atoms with van der Waals surface area (Å²) in [5, 5.41) is 9.73. The molecule has 0 atom stereocenters. The molecule has 0 saturated heterocycles. The van der Waals surface area contributed by atoms with Crippen LogP contribution in [0.4, 0.5) is 8.78 Å². The molecule has 0 aliphatic carbocycles. The van der Waals surface area contributed by atoms with Crippen LogP contribution in [0.15, 0.2) is 16.5 Å². The third-order valence-electron chi connectivity index (χ3n) is 2.12. The number of benzene rings is 1. The SMILES string of the molecule is CCc1oc2c(F)c(F)ccc2c1O. The molecule has 74 valence electrons. The first-order chi connectivity index (χ1) is 6.65. The topological polar surface area (TPSA) is 33.4 Å². The van der Waals surface area contributed by atoms with Gasteiger partial charge in [0.15, 0.2) is 17.1 Å². The average molecular weight is 198 g/mol. The Morgan fingerprint density at radius 3 is 2.71 bits per heavy atom. The minimum Gasteiger partial charge on any atom is -0.504 e. The molecule has 1 heterocycles. The van der Waals surface area contributed by atoms with Gasteiger partial charge in [0, 0.05) is 6.42 Å². The van der Waals surface area contributed by atoms with Crippen molar-refractivity contribution in [3.8, 4) is 5.75 Å². The zero-order valence-electron chi connectivity index (χ0n) is 7.47. The predicted molar refractivity (Wildman–Crippen MR) is 47.2 cm³/mol. The van der Waals surface area contributed by atoms with Crippen molar-refractivity contribution in [1.29, 1.82) is 0 Å². The summed E-state index contributed by atoms with van der Waals surface area (Å²) < 4.78 is 30.9. The molecule has 2 nitrogen and oxygen atoms in total. The molecule has 0 aliphatic heterocycles. The van der Waals surface area contributed by atoms with E-state index >= 15 is 0 Å². The Morgan fingerprint density at radius 2 is 2.07 bits per heavy atom. The molecule has 4 heteroatoms. The highest BCUT2D eigenvalue weighted by atomic mass is 19.2. The molecule has 1 aromatic heterocycles. The van der Waals surface area contributed by atoms with Crippen molar-refractivity contribution < 1.29 is 18.3 Å². The second-order valence-corrected chi connectivity index (χ2v) is 2.97. The fraction of sp³-hybridized carbons (Fsp3) is 0.200. The predicted octanol–water partition coefficient (Wildman–Crippen LogP) is 2.98. The minimum absolute atomic E-state index is 0.110. The number of aromatic hydroxyl groups is 1. The zero-order valence-corrected chi connectivity index (χ0v) is 7.47. The monoisotopic (exact) mass is 198 g/mol. The molecule has 0 bridgehead atoms. The number of fused-ring (bicyclic) bond motifs is 1. The van der Waals surface area contributed by atoms with E-state index in [2.05, 4.69) is 0 Å². The molecule has 0 unspecified atom stereocenters. The van der Waals surface area contributed by atoms with Gasteiger partial charge in [0.25, 0.3) is 0 Å². The molecular formula is C10H8F2O2. The lowest BCUT2D eigenvalue weighted by atomic mass is 10.2. The van der Waals surface area contributed by atoms with Gasteiger partial charge >= 0.3 is 0 Å². The van der Waals surface area contributed by atoms with E-state index in [1.54, 1.807) is 6.92 Å². The number of rotatable bonds is 1. The highest BCUT2D eigenvalue weighted by Crippen LogP contribution is 2.34. The van der Waals surface area contributed by atoms with Crippen molar-refractivity contribution in [3.05, 3.63) is 29.5 Å². The summed E-state index contributed by atoms with van der Waals surface area (Å²) in [6.07, 6.45) is 0.432. The molecule has 0 aliphatic rings.